The number of aryl methyl sites for hydroxylation is 1. The fraction of sp³-hybridized carbons (Fsp3) is 0.281. The number of aromatic nitrogens is 2. The molecule has 0 saturated heterocycles. The maximum absolute atomic E-state index is 13.3. The summed E-state index contributed by atoms with van der Waals surface area (Å²) < 4.78 is 7.86. The smallest absolute Gasteiger partial charge is 0.227 e. The Morgan fingerprint density at radius 2 is 1.90 bits per heavy atom. The zero-order valence-electron chi connectivity index (χ0n) is 23.1. The average molecular weight is 555 g/mol. The molecule has 1 aliphatic rings. The predicted molar refractivity (Wildman–Crippen MR) is 161 cm³/mol. The molecule has 2 amide bonds. The Morgan fingerprint density at radius 3 is 2.75 bits per heavy atom. The van der Waals surface area contributed by atoms with Crippen LogP contribution in [0.25, 0.3) is 11.1 Å². The van der Waals surface area contributed by atoms with Gasteiger partial charge in [-0.3, -0.25) is 14.3 Å². The number of hydrogen-bond donors (Lipinski definition) is 1. The van der Waals surface area contributed by atoms with Crippen LogP contribution in [0.5, 0.6) is 5.75 Å². The van der Waals surface area contributed by atoms with E-state index in [9.17, 15) is 9.59 Å². The number of anilines is 2. The van der Waals surface area contributed by atoms with E-state index >= 15 is 0 Å². The van der Waals surface area contributed by atoms with Crippen LogP contribution in [-0.2, 0) is 16.1 Å². The number of amides is 2. The Morgan fingerprint density at radius 1 is 1.07 bits per heavy atom. The second-order valence-corrected chi connectivity index (χ2v) is 11.1. The SMILES string of the molecule is CC(=O)Nc1cccc(Cn2cc(-c3cccc4c3SCCN4C(=O)CCCOc3cccc(C)c3C)cn2)c1. The molecular weight excluding hydrogens is 520 g/mol. The van der Waals surface area contributed by atoms with Crippen molar-refractivity contribution in [1.29, 1.82) is 0 Å². The zero-order chi connectivity index (χ0) is 28.1. The van der Waals surface area contributed by atoms with Crippen molar-refractivity contribution in [2.75, 3.05) is 29.1 Å². The van der Waals surface area contributed by atoms with Crippen LogP contribution in [0.4, 0.5) is 11.4 Å². The molecule has 3 aromatic carbocycles. The minimum Gasteiger partial charge on any atom is -0.493 e. The first kappa shape index (κ1) is 27.5. The zero-order valence-corrected chi connectivity index (χ0v) is 24.0. The molecule has 2 heterocycles. The first-order chi connectivity index (χ1) is 19.4. The summed E-state index contributed by atoms with van der Waals surface area (Å²) in [5.74, 6) is 1.76. The first-order valence-electron chi connectivity index (χ1n) is 13.5. The Hall–Kier alpha value is -4.04. The van der Waals surface area contributed by atoms with Crippen molar-refractivity contribution in [2.24, 2.45) is 0 Å². The van der Waals surface area contributed by atoms with Crippen molar-refractivity contribution >= 4 is 35.0 Å². The Kier molecular flexibility index (Phi) is 8.55. The summed E-state index contributed by atoms with van der Waals surface area (Å²) in [5.41, 5.74) is 7.22. The predicted octanol–water partition coefficient (Wildman–Crippen LogP) is 6.47. The molecule has 0 unspecified atom stereocenters. The Labute approximate surface area is 239 Å². The molecule has 0 atom stereocenters. The van der Waals surface area contributed by atoms with Gasteiger partial charge in [-0.15, -0.1) is 11.8 Å². The van der Waals surface area contributed by atoms with Crippen molar-refractivity contribution in [3.63, 3.8) is 0 Å². The standard InChI is InChI=1S/C32H34N4O3S/c1-22-8-4-13-30(23(22)2)39-16-7-14-31(38)36-15-17-40-32-28(11-6-12-29(32)36)26-19-33-35(21-26)20-25-9-5-10-27(18-25)34-24(3)37/h4-6,8-13,18-19,21H,7,14-17,20H2,1-3H3,(H,34,37). The molecule has 40 heavy (non-hydrogen) atoms. The molecular formula is C32H34N4O3S. The third-order valence-electron chi connectivity index (χ3n) is 7.03. The minimum absolute atomic E-state index is 0.0944. The van der Waals surface area contributed by atoms with Crippen LogP contribution in [-0.4, -0.2) is 40.5 Å². The van der Waals surface area contributed by atoms with Gasteiger partial charge >= 0.3 is 0 Å². The summed E-state index contributed by atoms with van der Waals surface area (Å²) in [6.07, 6.45) is 5.02. The van der Waals surface area contributed by atoms with Crippen molar-refractivity contribution in [3.05, 3.63) is 89.7 Å². The molecule has 0 fully saturated rings. The quantitative estimate of drug-likeness (QED) is 0.240. The van der Waals surface area contributed by atoms with E-state index in [1.165, 1.54) is 12.5 Å². The molecule has 1 N–H and O–H groups in total. The molecule has 0 bridgehead atoms. The number of hydrogen-bond acceptors (Lipinski definition) is 5. The van der Waals surface area contributed by atoms with Gasteiger partial charge in [0.25, 0.3) is 0 Å². The van der Waals surface area contributed by atoms with Gasteiger partial charge in [0.1, 0.15) is 5.75 Å². The molecule has 0 spiro atoms. The summed E-state index contributed by atoms with van der Waals surface area (Å²) in [4.78, 5) is 27.7. The van der Waals surface area contributed by atoms with Crippen LogP contribution in [0.3, 0.4) is 0 Å². The molecule has 0 radical (unpaired) electrons. The molecule has 0 saturated carbocycles. The number of benzene rings is 3. The highest BCUT2D eigenvalue weighted by molar-refractivity contribution is 7.99. The van der Waals surface area contributed by atoms with Crippen molar-refractivity contribution in [1.82, 2.24) is 9.78 Å². The van der Waals surface area contributed by atoms with Gasteiger partial charge in [0.05, 0.1) is 25.0 Å². The second-order valence-electron chi connectivity index (χ2n) is 10.0. The van der Waals surface area contributed by atoms with Crippen LogP contribution >= 0.6 is 11.8 Å². The van der Waals surface area contributed by atoms with Crippen molar-refractivity contribution in [3.8, 4) is 16.9 Å². The van der Waals surface area contributed by atoms with Gasteiger partial charge in [-0.25, -0.2) is 0 Å². The van der Waals surface area contributed by atoms with Crippen molar-refractivity contribution in [2.45, 2.75) is 45.1 Å². The van der Waals surface area contributed by atoms with E-state index in [4.69, 9.17) is 4.74 Å². The Balaban J connectivity index is 1.25. The van der Waals surface area contributed by atoms with E-state index in [0.29, 0.717) is 32.5 Å². The maximum atomic E-state index is 13.3. The molecule has 0 aliphatic carbocycles. The van der Waals surface area contributed by atoms with Gasteiger partial charge in [-0.05, 0) is 61.2 Å². The third-order valence-corrected chi connectivity index (χ3v) is 8.14. The lowest BCUT2D eigenvalue weighted by molar-refractivity contribution is -0.119. The average Bonchev–Trinajstić information content (AvgIpc) is 3.40. The topological polar surface area (TPSA) is 76.5 Å². The minimum atomic E-state index is -0.0944. The van der Waals surface area contributed by atoms with Gasteiger partial charge in [-0.2, -0.15) is 5.10 Å². The highest BCUT2D eigenvalue weighted by Crippen LogP contribution is 2.42. The first-order valence-corrected chi connectivity index (χ1v) is 14.5. The Bertz CT molecular complexity index is 1530. The van der Waals surface area contributed by atoms with Crippen LogP contribution < -0.4 is 15.0 Å². The number of fused-ring (bicyclic) bond motifs is 1. The second kappa shape index (κ2) is 12.4. The van der Waals surface area contributed by atoms with Gasteiger partial charge in [0.15, 0.2) is 0 Å². The summed E-state index contributed by atoms with van der Waals surface area (Å²) >= 11 is 1.78. The monoisotopic (exact) mass is 554 g/mol. The summed E-state index contributed by atoms with van der Waals surface area (Å²) in [7, 11) is 0. The number of thioether (sulfide) groups is 1. The van der Waals surface area contributed by atoms with Gasteiger partial charge in [0.2, 0.25) is 11.8 Å². The molecule has 206 valence electrons. The molecule has 4 aromatic rings. The van der Waals surface area contributed by atoms with Crippen LogP contribution in [0.15, 0.2) is 78.0 Å². The number of nitrogens with zero attached hydrogens (tertiary/aromatic N) is 3. The van der Waals surface area contributed by atoms with E-state index in [2.05, 4.69) is 36.4 Å². The molecule has 7 nitrogen and oxygen atoms in total. The van der Waals surface area contributed by atoms with Crippen LogP contribution in [0, 0.1) is 13.8 Å². The molecule has 8 heteroatoms. The van der Waals surface area contributed by atoms with E-state index in [-0.39, 0.29) is 11.8 Å². The number of carbonyl (C=O) groups excluding carboxylic acids is 2. The van der Waals surface area contributed by atoms with E-state index in [1.807, 2.05) is 70.5 Å². The van der Waals surface area contributed by atoms with Crippen LogP contribution in [0.2, 0.25) is 0 Å². The van der Waals surface area contributed by atoms with E-state index in [0.717, 1.165) is 50.0 Å². The van der Waals surface area contributed by atoms with Gasteiger partial charge in [0, 0.05) is 53.5 Å². The molecule has 1 aliphatic heterocycles. The highest BCUT2D eigenvalue weighted by atomic mass is 32.2. The maximum Gasteiger partial charge on any atom is 0.227 e. The summed E-state index contributed by atoms with van der Waals surface area (Å²) in [6.45, 7) is 7.43. The van der Waals surface area contributed by atoms with E-state index in [1.54, 1.807) is 11.8 Å². The largest absolute Gasteiger partial charge is 0.493 e. The number of nitrogens with one attached hydrogen (secondary N) is 1. The lowest BCUT2D eigenvalue weighted by Gasteiger charge is -2.30. The summed E-state index contributed by atoms with van der Waals surface area (Å²) in [5, 5.41) is 7.42. The van der Waals surface area contributed by atoms with E-state index < -0.39 is 0 Å². The third kappa shape index (κ3) is 6.39. The number of ether oxygens (including phenoxy) is 1. The lowest BCUT2D eigenvalue weighted by Crippen LogP contribution is -2.35. The fourth-order valence-corrected chi connectivity index (χ4v) is 6.03. The lowest BCUT2D eigenvalue weighted by atomic mass is 10.1. The summed E-state index contributed by atoms with van der Waals surface area (Å²) in [6, 6.07) is 20.0. The van der Waals surface area contributed by atoms with Crippen LogP contribution in [0.1, 0.15) is 36.5 Å². The molecule has 5 rings (SSSR count). The number of rotatable bonds is 9. The fourth-order valence-electron chi connectivity index (χ4n) is 4.88. The van der Waals surface area contributed by atoms with Crippen molar-refractivity contribution < 1.29 is 14.3 Å². The highest BCUT2D eigenvalue weighted by Gasteiger charge is 2.25. The van der Waals surface area contributed by atoms with Gasteiger partial charge in [-0.1, -0.05) is 36.4 Å². The molecule has 1 aromatic heterocycles. The normalized spacial score (nSPS) is 12.6. The number of carbonyl (C=O) groups is 2. The van der Waals surface area contributed by atoms with Gasteiger partial charge < -0.3 is 15.0 Å².